The minimum Gasteiger partial charge on any atom is -0.356 e. The highest BCUT2D eigenvalue weighted by Gasteiger charge is 2.15. The molecule has 0 spiro atoms. The van der Waals surface area contributed by atoms with Gasteiger partial charge in [0.1, 0.15) is 5.84 Å². The lowest BCUT2D eigenvalue weighted by molar-refractivity contribution is -0.384. The Bertz CT molecular complexity index is 623. The molecule has 0 N–H and O–H groups in total. The predicted molar refractivity (Wildman–Crippen MR) is 94.4 cm³/mol. The summed E-state index contributed by atoms with van der Waals surface area (Å²) >= 11 is 0. The number of nitro groups is 1. The minimum absolute atomic E-state index is 0.114. The summed E-state index contributed by atoms with van der Waals surface area (Å²) in [6, 6.07) is 4.86. The Morgan fingerprint density at radius 1 is 1.35 bits per heavy atom. The number of likely N-dealkylation sites (tertiary alicyclic amines) is 1. The van der Waals surface area contributed by atoms with Crippen LogP contribution in [-0.4, -0.2) is 28.7 Å². The molecule has 1 aromatic rings. The van der Waals surface area contributed by atoms with Gasteiger partial charge in [-0.15, -0.1) is 0 Å². The fourth-order valence-electron chi connectivity index (χ4n) is 2.87. The van der Waals surface area contributed by atoms with Gasteiger partial charge in [0.15, 0.2) is 0 Å². The first kappa shape index (κ1) is 17.2. The van der Waals surface area contributed by atoms with Crippen LogP contribution in [0.1, 0.15) is 44.6 Å². The number of hydrogen-bond acceptors (Lipinski definition) is 3. The molecule has 1 aliphatic heterocycles. The summed E-state index contributed by atoms with van der Waals surface area (Å²) in [7, 11) is 0. The highest BCUT2D eigenvalue weighted by atomic mass is 16.6. The Kier molecular flexibility index (Phi) is 5.90. The highest BCUT2D eigenvalue weighted by molar-refractivity contribution is 5.85. The standard InChI is InChI=1S/C18H25N3O2/c1-14(2)13-20-11-7-5-4-6-8-18(20)19-17-10-9-16(21(22)23)12-15(17)3/h9-10,12H,1,4-8,11,13H2,2-3H3. The van der Waals surface area contributed by atoms with E-state index in [0.29, 0.717) is 0 Å². The third-order valence-corrected chi connectivity index (χ3v) is 4.04. The smallest absolute Gasteiger partial charge is 0.269 e. The maximum atomic E-state index is 10.9. The van der Waals surface area contributed by atoms with Gasteiger partial charge in [-0.25, -0.2) is 4.99 Å². The molecule has 0 aliphatic carbocycles. The molecule has 0 unspecified atom stereocenters. The van der Waals surface area contributed by atoms with Crippen LogP contribution in [0, 0.1) is 17.0 Å². The minimum atomic E-state index is -0.368. The molecule has 124 valence electrons. The van der Waals surface area contributed by atoms with E-state index in [1.807, 2.05) is 13.8 Å². The number of aryl methyl sites for hydroxylation is 1. The Balaban J connectivity index is 2.31. The third-order valence-electron chi connectivity index (χ3n) is 4.04. The topological polar surface area (TPSA) is 58.7 Å². The Hall–Kier alpha value is -2.17. The second kappa shape index (κ2) is 7.90. The van der Waals surface area contributed by atoms with Crippen molar-refractivity contribution in [1.82, 2.24) is 4.90 Å². The lowest BCUT2D eigenvalue weighted by atomic mass is 10.1. The monoisotopic (exact) mass is 315 g/mol. The maximum Gasteiger partial charge on any atom is 0.269 e. The number of amidine groups is 1. The lowest BCUT2D eigenvalue weighted by Gasteiger charge is -2.28. The van der Waals surface area contributed by atoms with E-state index >= 15 is 0 Å². The highest BCUT2D eigenvalue weighted by Crippen LogP contribution is 2.25. The Labute approximate surface area is 137 Å². The van der Waals surface area contributed by atoms with Gasteiger partial charge in [-0.05, 0) is 38.3 Å². The van der Waals surface area contributed by atoms with Crippen molar-refractivity contribution in [1.29, 1.82) is 0 Å². The van der Waals surface area contributed by atoms with Crippen molar-refractivity contribution in [3.05, 3.63) is 46.0 Å². The van der Waals surface area contributed by atoms with Crippen LogP contribution >= 0.6 is 0 Å². The molecule has 1 saturated heterocycles. The molecule has 0 radical (unpaired) electrons. The Morgan fingerprint density at radius 2 is 2.09 bits per heavy atom. The molecule has 5 heteroatoms. The van der Waals surface area contributed by atoms with Crippen LogP contribution in [0.15, 0.2) is 35.3 Å². The van der Waals surface area contributed by atoms with Crippen molar-refractivity contribution in [2.24, 2.45) is 4.99 Å². The number of nitrogens with zero attached hydrogens (tertiary/aromatic N) is 3. The second-order valence-corrected chi connectivity index (χ2v) is 6.30. The zero-order chi connectivity index (χ0) is 16.8. The summed E-state index contributed by atoms with van der Waals surface area (Å²) in [5, 5.41) is 10.9. The molecule has 0 bridgehead atoms. The lowest BCUT2D eigenvalue weighted by Crippen LogP contribution is -2.34. The van der Waals surface area contributed by atoms with Crippen LogP contribution in [0.4, 0.5) is 11.4 Å². The molecule has 1 aliphatic rings. The summed E-state index contributed by atoms with van der Waals surface area (Å²) in [5.41, 5.74) is 2.89. The van der Waals surface area contributed by atoms with E-state index in [1.54, 1.807) is 12.1 Å². The molecular formula is C18H25N3O2. The van der Waals surface area contributed by atoms with E-state index in [2.05, 4.69) is 11.5 Å². The van der Waals surface area contributed by atoms with Gasteiger partial charge in [0.2, 0.25) is 0 Å². The molecule has 0 amide bonds. The average molecular weight is 315 g/mol. The first-order valence-electron chi connectivity index (χ1n) is 8.19. The molecule has 5 nitrogen and oxygen atoms in total. The molecule has 1 fully saturated rings. The summed E-state index contributed by atoms with van der Waals surface area (Å²) in [5.74, 6) is 1.07. The fraction of sp³-hybridized carbons (Fsp3) is 0.500. The van der Waals surface area contributed by atoms with Crippen LogP contribution in [-0.2, 0) is 0 Å². The maximum absolute atomic E-state index is 10.9. The molecule has 1 aromatic carbocycles. The average Bonchev–Trinajstić information content (AvgIpc) is 2.46. The van der Waals surface area contributed by atoms with Crippen LogP contribution in [0.2, 0.25) is 0 Å². The second-order valence-electron chi connectivity index (χ2n) is 6.30. The summed E-state index contributed by atoms with van der Waals surface area (Å²) in [6.07, 6.45) is 5.75. The van der Waals surface area contributed by atoms with E-state index in [0.717, 1.165) is 48.6 Å². The first-order chi connectivity index (χ1) is 11.0. The summed E-state index contributed by atoms with van der Waals surface area (Å²) in [4.78, 5) is 17.6. The van der Waals surface area contributed by atoms with Gasteiger partial charge in [-0.2, -0.15) is 0 Å². The van der Waals surface area contributed by atoms with Gasteiger partial charge in [0.05, 0.1) is 10.6 Å². The van der Waals surface area contributed by atoms with Crippen molar-refractivity contribution < 1.29 is 4.92 Å². The molecular weight excluding hydrogens is 290 g/mol. The number of non-ortho nitro benzene ring substituents is 1. The van der Waals surface area contributed by atoms with Crippen LogP contribution < -0.4 is 0 Å². The number of aliphatic imine (C=N–C) groups is 1. The third kappa shape index (κ3) is 4.91. The van der Waals surface area contributed by atoms with Gasteiger partial charge < -0.3 is 4.90 Å². The molecule has 0 atom stereocenters. The zero-order valence-corrected chi connectivity index (χ0v) is 14.0. The first-order valence-corrected chi connectivity index (χ1v) is 8.19. The van der Waals surface area contributed by atoms with Gasteiger partial charge >= 0.3 is 0 Å². The van der Waals surface area contributed by atoms with Gasteiger partial charge in [0.25, 0.3) is 5.69 Å². The van der Waals surface area contributed by atoms with Crippen LogP contribution in [0.5, 0.6) is 0 Å². The van der Waals surface area contributed by atoms with Crippen molar-refractivity contribution in [2.75, 3.05) is 13.1 Å². The molecule has 23 heavy (non-hydrogen) atoms. The fourth-order valence-corrected chi connectivity index (χ4v) is 2.87. The Morgan fingerprint density at radius 3 is 2.74 bits per heavy atom. The molecule has 0 saturated carbocycles. The van der Waals surface area contributed by atoms with E-state index in [1.165, 1.54) is 25.3 Å². The SMILES string of the molecule is C=C(C)CN1CCCCCCC1=Nc1ccc([N+](=O)[O-])cc1C. The molecule has 0 aromatic heterocycles. The molecule has 2 rings (SSSR count). The largest absolute Gasteiger partial charge is 0.356 e. The van der Waals surface area contributed by atoms with E-state index < -0.39 is 0 Å². The van der Waals surface area contributed by atoms with Crippen molar-refractivity contribution in [3.63, 3.8) is 0 Å². The summed E-state index contributed by atoms with van der Waals surface area (Å²) in [6.45, 7) is 9.75. The zero-order valence-electron chi connectivity index (χ0n) is 14.0. The van der Waals surface area contributed by atoms with Crippen molar-refractivity contribution in [2.45, 2.75) is 46.0 Å². The number of benzene rings is 1. The summed E-state index contributed by atoms with van der Waals surface area (Å²) < 4.78 is 0. The van der Waals surface area contributed by atoms with Gasteiger partial charge in [-0.3, -0.25) is 10.1 Å². The quantitative estimate of drug-likeness (QED) is 0.456. The normalized spacial score (nSPS) is 17.7. The van der Waals surface area contributed by atoms with E-state index in [9.17, 15) is 10.1 Å². The van der Waals surface area contributed by atoms with Crippen molar-refractivity contribution in [3.8, 4) is 0 Å². The van der Waals surface area contributed by atoms with Crippen LogP contribution in [0.25, 0.3) is 0 Å². The van der Waals surface area contributed by atoms with E-state index in [-0.39, 0.29) is 10.6 Å². The van der Waals surface area contributed by atoms with Crippen LogP contribution in [0.3, 0.4) is 0 Å². The van der Waals surface area contributed by atoms with Crippen molar-refractivity contribution >= 4 is 17.2 Å². The predicted octanol–water partition coefficient (Wildman–Crippen LogP) is 4.78. The number of hydrogen-bond donors (Lipinski definition) is 0. The van der Waals surface area contributed by atoms with E-state index in [4.69, 9.17) is 4.99 Å². The van der Waals surface area contributed by atoms with Gasteiger partial charge in [0, 0.05) is 31.6 Å². The number of nitro benzene ring substituents is 1. The number of rotatable bonds is 4. The van der Waals surface area contributed by atoms with Gasteiger partial charge in [-0.1, -0.05) is 25.0 Å². The molecule has 1 heterocycles.